The molecule has 2 N–H and O–H groups in total. The third-order valence-corrected chi connectivity index (χ3v) is 4.97. The van der Waals surface area contributed by atoms with Crippen molar-refractivity contribution >= 4 is 10.0 Å². The fourth-order valence-electron chi connectivity index (χ4n) is 2.27. The van der Waals surface area contributed by atoms with Crippen LogP contribution in [0.25, 0.3) is 0 Å². The van der Waals surface area contributed by atoms with Crippen LogP contribution in [0.4, 0.5) is 4.39 Å². The van der Waals surface area contributed by atoms with E-state index in [0.29, 0.717) is 6.42 Å². The van der Waals surface area contributed by atoms with Crippen molar-refractivity contribution in [2.75, 3.05) is 13.1 Å². The highest BCUT2D eigenvalue weighted by molar-refractivity contribution is 7.89. The SMILES string of the molecule is Cc1ccc(F)c(S(=O)(=O)NC2CCNCC2C)c1. The maximum Gasteiger partial charge on any atom is 0.243 e. The minimum absolute atomic E-state index is 0.147. The van der Waals surface area contributed by atoms with E-state index in [2.05, 4.69) is 10.0 Å². The van der Waals surface area contributed by atoms with Gasteiger partial charge in [-0.3, -0.25) is 0 Å². The van der Waals surface area contributed by atoms with Gasteiger partial charge in [0.25, 0.3) is 0 Å². The summed E-state index contributed by atoms with van der Waals surface area (Å²) in [5.41, 5.74) is 0.722. The summed E-state index contributed by atoms with van der Waals surface area (Å²) in [5.74, 6) is -0.518. The number of rotatable bonds is 3. The molecule has 0 bridgehead atoms. The average molecular weight is 286 g/mol. The van der Waals surface area contributed by atoms with Crippen molar-refractivity contribution < 1.29 is 12.8 Å². The lowest BCUT2D eigenvalue weighted by molar-refractivity contribution is 0.327. The fourth-order valence-corrected chi connectivity index (χ4v) is 3.81. The second kappa shape index (κ2) is 5.56. The van der Waals surface area contributed by atoms with E-state index in [1.165, 1.54) is 12.1 Å². The van der Waals surface area contributed by atoms with Crippen LogP contribution < -0.4 is 10.0 Å². The van der Waals surface area contributed by atoms with Crippen LogP contribution in [0, 0.1) is 18.7 Å². The Labute approximate surface area is 113 Å². The Morgan fingerprint density at radius 1 is 1.42 bits per heavy atom. The van der Waals surface area contributed by atoms with Crippen LogP contribution in [0.1, 0.15) is 18.9 Å². The fraction of sp³-hybridized carbons (Fsp3) is 0.538. The molecule has 106 valence electrons. The van der Waals surface area contributed by atoms with Crippen LogP contribution >= 0.6 is 0 Å². The standard InChI is InChI=1S/C13H19FN2O2S/c1-9-3-4-11(14)13(7-9)19(17,18)16-12-5-6-15-8-10(12)2/h3-4,7,10,12,15-16H,5-6,8H2,1-2H3. The number of halogens is 1. The largest absolute Gasteiger partial charge is 0.316 e. The molecule has 0 saturated carbocycles. The molecule has 1 aliphatic heterocycles. The summed E-state index contributed by atoms with van der Waals surface area (Å²) in [5, 5.41) is 3.20. The lowest BCUT2D eigenvalue weighted by Crippen LogP contribution is -2.48. The maximum atomic E-state index is 13.7. The summed E-state index contributed by atoms with van der Waals surface area (Å²) >= 11 is 0. The van der Waals surface area contributed by atoms with Crippen LogP contribution in [0.3, 0.4) is 0 Å². The number of hydrogen-bond acceptors (Lipinski definition) is 3. The van der Waals surface area contributed by atoms with Gasteiger partial charge in [-0.15, -0.1) is 0 Å². The van der Waals surface area contributed by atoms with Gasteiger partial charge in [-0.2, -0.15) is 0 Å². The Morgan fingerprint density at radius 3 is 2.84 bits per heavy atom. The van der Waals surface area contributed by atoms with Crippen molar-refractivity contribution in [1.29, 1.82) is 0 Å². The number of nitrogens with one attached hydrogen (secondary N) is 2. The molecule has 2 unspecified atom stereocenters. The van der Waals surface area contributed by atoms with E-state index in [-0.39, 0.29) is 16.9 Å². The monoisotopic (exact) mass is 286 g/mol. The Morgan fingerprint density at radius 2 is 2.16 bits per heavy atom. The topological polar surface area (TPSA) is 58.2 Å². The highest BCUT2D eigenvalue weighted by Gasteiger charge is 2.28. The minimum Gasteiger partial charge on any atom is -0.316 e. The number of piperidine rings is 1. The van der Waals surface area contributed by atoms with E-state index < -0.39 is 15.8 Å². The molecule has 1 aromatic carbocycles. The predicted molar refractivity (Wildman–Crippen MR) is 71.9 cm³/mol. The summed E-state index contributed by atoms with van der Waals surface area (Å²) in [6.45, 7) is 5.26. The van der Waals surface area contributed by atoms with Crippen molar-refractivity contribution in [2.24, 2.45) is 5.92 Å². The van der Waals surface area contributed by atoms with E-state index in [0.717, 1.165) is 18.7 Å². The quantitative estimate of drug-likeness (QED) is 0.883. The lowest BCUT2D eigenvalue weighted by Gasteiger charge is -2.30. The average Bonchev–Trinajstić information content (AvgIpc) is 2.35. The first-order chi connectivity index (χ1) is 8.90. The number of benzene rings is 1. The first-order valence-electron chi connectivity index (χ1n) is 6.39. The minimum atomic E-state index is -3.80. The molecule has 19 heavy (non-hydrogen) atoms. The Balaban J connectivity index is 2.24. The van der Waals surface area contributed by atoms with Crippen LogP contribution in [0.15, 0.2) is 23.1 Å². The smallest absolute Gasteiger partial charge is 0.243 e. The molecule has 1 saturated heterocycles. The van der Waals surface area contributed by atoms with Gasteiger partial charge in [0.1, 0.15) is 10.7 Å². The first kappa shape index (κ1) is 14.4. The van der Waals surface area contributed by atoms with E-state index in [1.54, 1.807) is 13.0 Å². The summed E-state index contributed by atoms with van der Waals surface area (Å²) in [4.78, 5) is -0.266. The third-order valence-electron chi connectivity index (χ3n) is 3.47. The second-order valence-corrected chi connectivity index (χ2v) is 6.81. The molecule has 0 radical (unpaired) electrons. The van der Waals surface area contributed by atoms with E-state index in [1.807, 2.05) is 6.92 Å². The van der Waals surface area contributed by atoms with Gasteiger partial charge in [0.15, 0.2) is 0 Å². The highest BCUT2D eigenvalue weighted by Crippen LogP contribution is 2.19. The number of sulfonamides is 1. The molecule has 1 aliphatic rings. The normalized spacial score (nSPS) is 24.4. The van der Waals surface area contributed by atoms with E-state index in [9.17, 15) is 12.8 Å². The first-order valence-corrected chi connectivity index (χ1v) is 7.87. The molecule has 2 atom stereocenters. The van der Waals surface area contributed by atoms with Crippen molar-refractivity contribution in [3.8, 4) is 0 Å². The molecule has 1 aromatic rings. The van der Waals surface area contributed by atoms with Crippen molar-refractivity contribution in [2.45, 2.75) is 31.2 Å². The van der Waals surface area contributed by atoms with Gasteiger partial charge >= 0.3 is 0 Å². The Hall–Kier alpha value is -0.980. The van der Waals surface area contributed by atoms with Gasteiger partial charge in [0, 0.05) is 6.04 Å². The van der Waals surface area contributed by atoms with Gasteiger partial charge in [-0.1, -0.05) is 13.0 Å². The van der Waals surface area contributed by atoms with Crippen LogP contribution in [0.5, 0.6) is 0 Å². The van der Waals surface area contributed by atoms with Gasteiger partial charge in [0.05, 0.1) is 0 Å². The Kier molecular flexibility index (Phi) is 4.23. The molecule has 1 heterocycles. The third kappa shape index (κ3) is 3.32. The van der Waals surface area contributed by atoms with Gasteiger partial charge < -0.3 is 5.32 Å². The number of aryl methyl sites for hydroxylation is 1. The molecule has 0 spiro atoms. The summed E-state index contributed by atoms with van der Waals surface area (Å²) < 4.78 is 40.8. The molecule has 0 amide bonds. The summed E-state index contributed by atoms with van der Waals surface area (Å²) in [7, 11) is -3.80. The van der Waals surface area contributed by atoms with E-state index >= 15 is 0 Å². The molecule has 1 fully saturated rings. The maximum absolute atomic E-state index is 13.7. The molecular weight excluding hydrogens is 267 g/mol. The molecule has 4 nitrogen and oxygen atoms in total. The molecule has 2 rings (SSSR count). The van der Waals surface area contributed by atoms with Crippen molar-refractivity contribution in [3.05, 3.63) is 29.6 Å². The van der Waals surface area contributed by atoms with Crippen molar-refractivity contribution in [3.63, 3.8) is 0 Å². The van der Waals surface area contributed by atoms with Crippen LogP contribution in [0.2, 0.25) is 0 Å². The van der Waals surface area contributed by atoms with Crippen LogP contribution in [-0.4, -0.2) is 27.5 Å². The lowest BCUT2D eigenvalue weighted by atomic mass is 9.97. The zero-order valence-corrected chi connectivity index (χ0v) is 11.9. The Bertz CT molecular complexity index is 560. The molecule has 6 heteroatoms. The van der Waals surface area contributed by atoms with Gasteiger partial charge in [-0.05, 0) is 50.0 Å². The van der Waals surface area contributed by atoms with Gasteiger partial charge in [-0.25, -0.2) is 17.5 Å². The van der Waals surface area contributed by atoms with Gasteiger partial charge in [0.2, 0.25) is 10.0 Å². The number of hydrogen-bond donors (Lipinski definition) is 2. The summed E-state index contributed by atoms with van der Waals surface area (Å²) in [6.07, 6.45) is 0.716. The highest BCUT2D eigenvalue weighted by atomic mass is 32.2. The zero-order valence-electron chi connectivity index (χ0n) is 11.1. The second-order valence-electron chi connectivity index (χ2n) is 5.13. The van der Waals surface area contributed by atoms with Crippen LogP contribution in [-0.2, 0) is 10.0 Å². The predicted octanol–water partition coefficient (Wildman–Crippen LogP) is 1.41. The molecular formula is C13H19FN2O2S. The molecule has 0 aromatic heterocycles. The zero-order chi connectivity index (χ0) is 14.0. The van der Waals surface area contributed by atoms with E-state index in [4.69, 9.17) is 0 Å². The van der Waals surface area contributed by atoms with Crippen molar-refractivity contribution in [1.82, 2.24) is 10.0 Å². The summed E-state index contributed by atoms with van der Waals surface area (Å²) in [6, 6.07) is 3.96. The molecule has 0 aliphatic carbocycles.